The minimum atomic E-state index is 0.621. The van der Waals surface area contributed by atoms with Crippen LogP contribution in [0, 0.1) is 0 Å². The molecule has 0 saturated carbocycles. The van der Waals surface area contributed by atoms with E-state index in [1.807, 2.05) is 18.2 Å². The number of nitrogens with zero attached hydrogens (tertiary/aromatic N) is 1. The number of aliphatic imine (C=N–C) groups is 1. The first-order valence-corrected chi connectivity index (χ1v) is 4.26. The van der Waals surface area contributed by atoms with Crippen LogP contribution in [0.25, 0.3) is 5.70 Å². The maximum Gasteiger partial charge on any atom is 0.0499 e. The number of allylic oxidation sites excluding steroid dienone is 1. The number of nitrogens with two attached hydrogens (primary N) is 1. The fourth-order valence-corrected chi connectivity index (χ4v) is 1.18. The van der Waals surface area contributed by atoms with Crippen LogP contribution in [0.2, 0.25) is 5.02 Å². The van der Waals surface area contributed by atoms with E-state index in [-0.39, 0.29) is 0 Å². The Morgan fingerprint density at radius 2 is 2.15 bits per heavy atom. The predicted molar refractivity (Wildman–Crippen MR) is 58.0 cm³/mol. The molecule has 2 nitrogen and oxygen atoms in total. The number of hydrogen-bond donors (Lipinski definition) is 1. The molecule has 0 saturated heterocycles. The molecule has 2 N–H and O–H groups in total. The first kappa shape index (κ1) is 9.81. The molecule has 0 amide bonds. The van der Waals surface area contributed by atoms with Crippen molar-refractivity contribution in [2.24, 2.45) is 10.7 Å². The highest BCUT2D eigenvalue weighted by molar-refractivity contribution is 6.32. The third-order valence-electron chi connectivity index (χ3n) is 1.59. The molecule has 0 heterocycles. The van der Waals surface area contributed by atoms with Crippen molar-refractivity contribution in [1.29, 1.82) is 0 Å². The Balaban J connectivity index is 3.01. The van der Waals surface area contributed by atoms with E-state index in [2.05, 4.69) is 4.99 Å². The van der Waals surface area contributed by atoms with Gasteiger partial charge in [-0.25, -0.2) is 0 Å². The Morgan fingerprint density at radius 1 is 1.46 bits per heavy atom. The smallest absolute Gasteiger partial charge is 0.0499 e. The summed E-state index contributed by atoms with van der Waals surface area (Å²) < 4.78 is 0. The fraction of sp³-hybridized carbons (Fsp3) is 0.100. The van der Waals surface area contributed by atoms with Crippen LogP contribution in [0.1, 0.15) is 5.56 Å². The molecule has 1 aromatic carbocycles. The van der Waals surface area contributed by atoms with Gasteiger partial charge in [-0.05, 0) is 12.1 Å². The van der Waals surface area contributed by atoms with Crippen molar-refractivity contribution in [1.82, 2.24) is 0 Å². The third kappa shape index (κ3) is 2.60. The summed E-state index contributed by atoms with van der Waals surface area (Å²) in [6, 6.07) is 7.44. The van der Waals surface area contributed by atoms with Gasteiger partial charge in [0.15, 0.2) is 0 Å². The molecule has 3 heteroatoms. The van der Waals surface area contributed by atoms with Crippen LogP contribution in [0.4, 0.5) is 0 Å². The zero-order chi connectivity index (χ0) is 9.68. The van der Waals surface area contributed by atoms with Crippen LogP contribution < -0.4 is 5.73 Å². The van der Waals surface area contributed by atoms with Crippen molar-refractivity contribution in [2.75, 3.05) is 7.05 Å². The summed E-state index contributed by atoms with van der Waals surface area (Å²) in [5.74, 6) is 0. The molecule has 0 unspecified atom stereocenters. The lowest BCUT2D eigenvalue weighted by Gasteiger charge is -2.01. The first-order valence-electron chi connectivity index (χ1n) is 3.88. The van der Waals surface area contributed by atoms with Crippen LogP contribution in [-0.2, 0) is 0 Å². The van der Waals surface area contributed by atoms with E-state index in [0.717, 1.165) is 5.56 Å². The van der Waals surface area contributed by atoms with Gasteiger partial charge in [0.25, 0.3) is 0 Å². The highest BCUT2D eigenvalue weighted by atomic mass is 35.5. The minimum absolute atomic E-state index is 0.621. The zero-order valence-electron chi connectivity index (χ0n) is 7.37. The van der Waals surface area contributed by atoms with Crippen molar-refractivity contribution in [3.05, 3.63) is 40.9 Å². The van der Waals surface area contributed by atoms with E-state index in [9.17, 15) is 0 Å². The van der Waals surface area contributed by atoms with Gasteiger partial charge in [0.05, 0.1) is 0 Å². The lowest BCUT2D eigenvalue weighted by Crippen LogP contribution is -1.97. The van der Waals surface area contributed by atoms with Crippen molar-refractivity contribution < 1.29 is 0 Å². The molecule has 0 radical (unpaired) electrons. The molecule has 0 atom stereocenters. The van der Waals surface area contributed by atoms with Gasteiger partial charge in [-0.2, -0.15) is 0 Å². The number of rotatable bonds is 2. The van der Waals surface area contributed by atoms with Gasteiger partial charge in [-0.3, -0.25) is 4.99 Å². The van der Waals surface area contributed by atoms with E-state index < -0.39 is 0 Å². The van der Waals surface area contributed by atoms with Gasteiger partial charge in [0.1, 0.15) is 0 Å². The van der Waals surface area contributed by atoms with Crippen molar-refractivity contribution >= 4 is 23.5 Å². The Hall–Kier alpha value is -1.28. The molecule has 0 aliphatic heterocycles. The maximum absolute atomic E-state index is 5.93. The van der Waals surface area contributed by atoms with Crippen LogP contribution in [0.15, 0.2) is 35.3 Å². The Kier molecular flexibility index (Phi) is 3.53. The number of halogens is 1. The molecule has 1 aromatic rings. The monoisotopic (exact) mass is 194 g/mol. The predicted octanol–water partition coefficient (Wildman–Crippen LogP) is 2.34. The summed E-state index contributed by atoms with van der Waals surface area (Å²) in [6.07, 6.45) is 3.36. The second kappa shape index (κ2) is 4.67. The second-order valence-corrected chi connectivity index (χ2v) is 2.92. The van der Waals surface area contributed by atoms with E-state index in [0.29, 0.717) is 10.7 Å². The SMILES string of the molecule is CN=CC=C(N)c1ccccc1Cl. The van der Waals surface area contributed by atoms with Crippen molar-refractivity contribution in [2.45, 2.75) is 0 Å². The van der Waals surface area contributed by atoms with Crippen LogP contribution in [-0.4, -0.2) is 13.3 Å². The van der Waals surface area contributed by atoms with E-state index in [1.165, 1.54) is 0 Å². The third-order valence-corrected chi connectivity index (χ3v) is 1.92. The molecule has 0 bridgehead atoms. The molecular weight excluding hydrogens is 184 g/mol. The molecule has 68 valence electrons. The lowest BCUT2D eigenvalue weighted by atomic mass is 10.1. The summed E-state index contributed by atoms with van der Waals surface area (Å²) >= 11 is 5.93. The fourth-order valence-electron chi connectivity index (χ4n) is 0.940. The minimum Gasteiger partial charge on any atom is -0.398 e. The highest BCUT2D eigenvalue weighted by Gasteiger charge is 1.99. The van der Waals surface area contributed by atoms with Crippen molar-refractivity contribution in [3.63, 3.8) is 0 Å². The van der Waals surface area contributed by atoms with Gasteiger partial charge in [-0.1, -0.05) is 29.8 Å². The Bertz CT molecular complexity index is 343. The normalized spacial score (nSPS) is 12.3. The summed E-state index contributed by atoms with van der Waals surface area (Å²) in [7, 11) is 1.69. The molecule has 0 aliphatic rings. The number of hydrogen-bond acceptors (Lipinski definition) is 2. The van der Waals surface area contributed by atoms with Gasteiger partial charge in [0, 0.05) is 29.5 Å². The summed E-state index contributed by atoms with van der Waals surface area (Å²) in [5, 5.41) is 0.653. The Morgan fingerprint density at radius 3 is 2.77 bits per heavy atom. The molecule has 1 rings (SSSR count). The van der Waals surface area contributed by atoms with Gasteiger partial charge < -0.3 is 5.73 Å². The van der Waals surface area contributed by atoms with E-state index in [4.69, 9.17) is 17.3 Å². The second-order valence-electron chi connectivity index (χ2n) is 2.51. The van der Waals surface area contributed by atoms with Crippen LogP contribution in [0.5, 0.6) is 0 Å². The van der Waals surface area contributed by atoms with Gasteiger partial charge in [0.2, 0.25) is 0 Å². The highest BCUT2D eigenvalue weighted by Crippen LogP contribution is 2.19. The van der Waals surface area contributed by atoms with Gasteiger partial charge in [-0.15, -0.1) is 0 Å². The molecule has 0 spiro atoms. The average molecular weight is 195 g/mol. The summed E-state index contributed by atoms with van der Waals surface area (Å²) in [6.45, 7) is 0. The summed E-state index contributed by atoms with van der Waals surface area (Å²) in [5.41, 5.74) is 7.23. The standard InChI is InChI=1S/C10H11ClN2/c1-13-7-6-10(12)8-4-2-3-5-9(8)11/h2-7H,12H2,1H3. The molecule has 0 fully saturated rings. The summed E-state index contributed by atoms with van der Waals surface area (Å²) in [4.78, 5) is 3.81. The quantitative estimate of drug-likeness (QED) is 0.722. The average Bonchev–Trinajstić information content (AvgIpc) is 2.15. The zero-order valence-corrected chi connectivity index (χ0v) is 8.12. The maximum atomic E-state index is 5.93. The molecular formula is C10H11ClN2. The Labute approximate surface area is 82.7 Å². The lowest BCUT2D eigenvalue weighted by molar-refractivity contribution is 1.47. The van der Waals surface area contributed by atoms with Crippen LogP contribution >= 0.6 is 11.6 Å². The van der Waals surface area contributed by atoms with Crippen molar-refractivity contribution in [3.8, 4) is 0 Å². The number of benzene rings is 1. The van der Waals surface area contributed by atoms with E-state index >= 15 is 0 Å². The topological polar surface area (TPSA) is 38.4 Å². The van der Waals surface area contributed by atoms with E-state index in [1.54, 1.807) is 25.4 Å². The molecule has 13 heavy (non-hydrogen) atoms. The first-order chi connectivity index (χ1) is 6.25. The van der Waals surface area contributed by atoms with Crippen LogP contribution in [0.3, 0.4) is 0 Å². The molecule has 0 aliphatic carbocycles. The van der Waals surface area contributed by atoms with Gasteiger partial charge >= 0.3 is 0 Å². The molecule has 0 aromatic heterocycles. The largest absolute Gasteiger partial charge is 0.398 e.